The first-order chi connectivity index (χ1) is 7.31. The van der Waals surface area contributed by atoms with Gasteiger partial charge in [0.15, 0.2) is 0 Å². The SMILES string of the molecule is CCOC(=O)[C@@H]1CC[C@@H]2CNCCN2C1. The van der Waals surface area contributed by atoms with Crippen molar-refractivity contribution < 1.29 is 9.53 Å². The molecule has 86 valence electrons. The monoisotopic (exact) mass is 212 g/mol. The molecule has 0 bridgehead atoms. The van der Waals surface area contributed by atoms with Gasteiger partial charge in [0.25, 0.3) is 0 Å². The van der Waals surface area contributed by atoms with Gasteiger partial charge in [-0.05, 0) is 19.8 Å². The van der Waals surface area contributed by atoms with Crippen LogP contribution in [0.15, 0.2) is 0 Å². The van der Waals surface area contributed by atoms with Crippen molar-refractivity contribution in [3.05, 3.63) is 0 Å². The maximum absolute atomic E-state index is 11.6. The first-order valence-corrected chi connectivity index (χ1v) is 5.92. The van der Waals surface area contributed by atoms with Crippen LogP contribution in [0.25, 0.3) is 0 Å². The van der Waals surface area contributed by atoms with E-state index in [1.54, 1.807) is 0 Å². The Labute approximate surface area is 91.0 Å². The summed E-state index contributed by atoms with van der Waals surface area (Å²) in [6.45, 7) is 6.46. The number of rotatable bonds is 2. The fourth-order valence-electron chi connectivity index (χ4n) is 2.55. The number of hydrogen-bond acceptors (Lipinski definition) is 4. The minimum atomic E-state index is -0.00511. The lowest BCUT2D eigenvalue weighted by Gasteiger charge is -2.42. The van der Waals surface area contributed by atoms with Crippen LogP contribution in [0, 0.1) is 5.92 Å². The van der Waals surface area contributed by atoms with Crippen LogP contribution >= 0.6 is 0 Å². The molecular weight excluding hydrogens is 192 g/mol. The first kappa shape index (κ1) is 10.9. The van der Waals surface area contributed by atoms with Gasteiger partial charge in [0, 0.05) is 32.2 Å². The van der Waals surface area contributed by atoms with Gasteiger partial charge in [0.1, 0.15) is 0 Å². The summed E-state index contributed by atoms with van der Waals surface area (Å²) in [5.74, 6) is 0.105. The Kier molecular flexibility index (Phi) is 3.59. The Morgan fingerprint density at radius 3 is 3.20 bits per heavy atom. The zero-order valence-corrected chi connectivity index (χ0v) is 9.37. The summed E-state index contributed by atoms with van der Waals surface area (Å²) in [5, 5.41) is 3.40. The number of hydrogen-bond donors (Lipinski definition) is 1. The summed E-state index contributed by atoms with van der Waals surface area (Å²) in [5.41, 5.74) is 0. The molecule has 4 nitrogen and oxygen atoms in total. The van der Waals surface area contributed by atoms with Crippen molar-refractivity contribution in [1.29, 1.82) is 0 Å². The van der Waals surface area contributed by atoms with Gasteiger partial charge in [-0.25, -0.2) is 0 Å². The van der Waals surface area contributed by atoms with Gasteiger partial charge in [0.05, 0.1) is 12.5 Å². The molecule has 4 heteroatoms. The molecule has 0 aromatic carbocycles. The van der Waals surface area contributed by atoms with Crippen molar-refractivity contribution in [2.24, 2.45) is 5.92 Å². The third kappa shape index (κ3) is 2.49. The van der Waals surface area contributed by atoms with Crippen molar-refractivity contribution in [2.75, 3.05) is 32.8 Å². The van der Waals surface area contributed by atoms with Crippen LogP contribution < -0.4 is 5.32 Å². The van der Waals surface area contributed by atoms with E-state index in [2.05, 4.69) is 10.2 Å². The second-order valence-corrected chi connectivity index (χ2v) is 4.38. The van der Waals surface area contributed by atoms with Gasteiger partial charge < -0.3 is 10.1 Å². The second-order valence-electron chi connectivity index (χ2n) is 4.38. The average molecular weight is 212 g/mol. The van der Waals surface area contributed by atoms with E-state index in [0.29, 0.717) is 12.6 Å². The molecule has 0 unspecified atom stereocenters. The largest absolute Gasteiger partial charge is 0.466 e. The van der Waals surface area contributed by atoms with E-state index in [9.17, 15) is 4.79 Å². The van der Waals surface area contributed by atoms with Crippen LogP contribution in [-0.2, 0) is 9.53 Å². The molecule has 2 aliphatic rings. The molecular formula is C11H20N2O2. The lowest BCUT2D eigenvalue weighted by atomic mass is 9.91. The highest BCUT2D eigenvalue weighted by molar-refractivity contribution is 5.72. The number of fused-ring (bicyclic) bond motifs is 1. The van der Waals surface area contributed by atoms with Crippen LogP contribution in [0.2, 0.25) is 0 Å². The molecule has 0 spiro atoms. The number of nitrogens with zero attached hydrogens (tertiary/aromatic N) is 1. The van der Waals surface area contributed by atoms with E-state index in [-0.39, 0.29) is 11.9 Å². The summed E-state index contributed by atoms with van der Waals surface area (Å²) in [6.07, 6.45) is 2.11. The third-order valence-electron chi connectivity index (χ3n) is 3.40. The van der Waals surface area contributed by atoms with Crippen LogP contribution in [0.5, 0.6) is 0 Å². The molecule has 2 fully saturated rings. The van der Waals surface area contributed by atoms with E-state index < -0.39 is 0 Å². The predicted molar refractivity (Wildman–Crippen MR) is 57.6 cm³/mol. The van der Waals surface area contributed by atoms with Crippen molar-refractivity contribution in [2.45, 2.75) is 25.8 Å². The van der Waals surface area contributed by atoms with Crippen LogP contribution in [-0.4, -0.2) is 49.7 Å². The highest BCUT2D eigenvalue weighted by Gasteiger charge is 2.33. The summed E-state index contributed by atoms with van der Waals surface area (Å²) < 4.78 is 5.08. The van der Waals surface area contributed by atoms with Crippen molar-refractivity contribution >= 4 is 5.97 Å². The zero-order valence-electron chi connectivity index (χ0n) is 9.37. The molecule has 2 saturated heterocycles. The molecule has 0 aromatic rings. The second kappa shape index (κ2) is 4.94. The van der Waals surface area contributed by atoms with Gasteiger partial charge in [-0.1, -0.05) is 0 Å². The first-order valence-electron chi connectivity index (χ1n) is 5.92. The van der Waals surface area contributed by atoms with Crippen LogP contribution in [0.1, 0.15) is 19.8 Å². The highest BCUT2D eigenvalue weighted by Crippen LogP contribution is 2.23. The number of esters is 1. The van der Waals surface area contributed by atoms with E-state index in [4.69, 9.17) is 4.74 Å². The Balaban J connectivity index is 1.87. The molecule has 0 amide bonds. The number of piperazine rings is 1. The molecule has 2 rings (SSSR count). The fourth-order valence-corrected chi connectivity index (χ4v) is 2.55. The molecule has 0 saturated carbocycles. The molecule has 0 aliphatic carbocycles. The molecule has 1 N–H and O–H groups in total. The quantitative estimate of drug-likeness (QED) is 0.665. The molecule has 2 aliphatic heterocycles. The summed E-state index contributed by atoms with van der Waals surface area (Å²) in [6, 6.07) is 0.643. The maximum atomic E-state index is 11.6. The number of piperidine rings is 1. The number of carbonyl (C=O) groups excluding carboxylic acids is 1. The normalized spacial score (nSPS) is 32.1. The van der Waals surface area contributed by atoms with E-state index in [1.165, 1.54) is 0 Å². The third-order valence-corrected chi connectivity index (χ3v) is 3.40. The Bertz CT molecular complexity index is 233. The van der Waals surface area contributed by atoms with Crippen LogP contribution in [0.3, 0.4) is 0 Å². The predicted octanol–water partition coefficient (Wildman–Crippen LogP) is 0.233. The van der Waals surface area contributed by atoms with Crippen molar-refractivity contribution in [3.8, 4) is 0 Å². The smallest absolute Gasteiger partial charge is 0.310 e. The van der Waals surface area contributed by atoms with E-state index in [0.717, 1.165) is 39.0 Å². The van der Waals surface area contributed by atoms with Crippen LogP contribution in [0.4, 0.5) is 0 Å². The van der Waals surface area contributed by atoms with Gasteiger partial charge in [-0.3, -0.25) is 9.69 Å². The van der Waals surface area contributed by atoms with E-state index >= 15 is 0 Å². The summed E-state index contributed by atoms with van der Waals surface area (Å²) >= 11 is 0. The summed E-state index contributed by atoms with van der Waals surface area (Å²) in [4.78, 5) is 14.0. The fraction of sp³-hybridized carbons (Fsp3) is 0.909. The minimum absolute atomic E-state index is 0.00511. The maximum Gasteiger partial charge on any atom is 0.310 e. The number of carbonyl (C=O) groups is 1. The zero-order chi connectivity index (χ0) is 10.7. The molecule has 0 aromatic heterocycles. The topological polar surface area (TPSA) is 41.6 Å². The molecule has 0 radical (unpaired) electrons. The standard InChI is InChI=1S/C11H20N2O2/c1-2-15-11(14)9-3-4-10-7-12-5-6-13(10)8-9/h9-10,12H,2-8H2,1H3/t9-,10-/m1/s1. The molecule has 2 heterocycles. The van der Waals surface area contributed by atoms with Crippen molar-refractivity contribution in [3.63, 3.8) is 0 Å². The van der Waals surface area contributed by atoms with Gasteiger partial charge >= 0.3 is 5.97 Å². The Hall–Kier alpha value is -0.610. The highest BCUT2D eigenvalue weighted by atomic mass is 16.5. The van der Waals surface area contributed by atoms with Gasteiger partial charge in [-0.2, -0.15) is 0 Å². The van der Waals surface area contributed by atoms with Gasteiger partial charge in [-0.15, -0.1) is 0 Å². The Morgan fingerprint density at radius 2 is 2.40 bits per heavy atom. The molecule has 15 heavy (non-hydrogen) atoms. The number of ether oxygens (including phenoxy) is 1. The Morgan fingerprint density at radius 1 is 1.53 bits per heavy atom. The van der Waals surface area contributed by atoms with Gasteiger partial charge in [0.2, 0.25) is 0 Å². The average Bonchev–Trinajstić information content (AvgIpc) is 2.29. The lowest BCUT2D eigenvalue weighted by Crippen LogP contribution is -2.55. The van der Waals surface area contributed by atoms with E-state index in [1.807, 2.05) is 6.92 Å². The van der Waals surface area contributed by atoms with Crippen molar-refractivity contribution in [1.82, 2.24) is 10.2 Å². The summed E-state index contributed by atoms with van der Waals surface area (Å²) in [7, 11) is 0. The lowest BCUT2D eigenvalue weighted by molar-refractivity contribution is -0.150. The number of nitrogens with one attached hydrogen (secondary N) is 1. The molecule has 2 atom stereocenters. The minimum Gasteiger partial charge on any atom is -0.466 e.